The van der Waals surface area contributed by atoms with Crippen molar-refractivity contribution in [1.29, 1.82) is 0 Å². The van der Waals surface area contributed by atoms with Crippen molar-refractivity contribution >= 4 is 29.2 Å². The fourth-order valence-corrected chi connectivity index (χ4v) is 3.49. The molecule has 0 bridgehead atoms. The molecule has 17 heavy (non-hydrogen) atoms. The predicted octanol–water partition coefficient (Wildman–Crippen LogP) is 4.66. The monoisotopic (exact) mass is 277 g/mol. The predicted molar refractivity (Wildman–Crippen MR) is 82.9 cm³/mol. The van der Waals surface area contributed by atoms with Crippen LogP contribution in [0.4, 0.5) is 0 Å². The average Bonchev–Trinajstić information content (AvgIpc) is 2.31. The van der Waals surface area contributed by atoms with Crippen LogP contribution < -0.4 is 0 Å². The van der Waals surface area contributed by atoms with Gasteiger partial charge in [0.1, 0.15) is 0 Å². The highest BCUT2D eigenvalue weighted by molar-refractivity contribution is 8.04. The van der Waals surface area contributed by atoms with Crippen LogP contribution in [0.25, 0.3) is 0 Å². The molecule has 0 aromatic carbocycles. The van der Waals surface area contributed by atoms with Crippen LogP contribution >= 0.6 is 23.5 Å². The largest absolute Gasteiger partial charge is 0.411 e. The van der Waals surface area contributed by atoms with Crippen molar-refractivity contribution in [3.63, 3.8) is 0 Å². The first-order chi connectivity index (χ1) is 8.04. The Labute approximate surface area is 115 Å². The first-order valence-electron chi connectivity index (χ1n) is 6.45. The maximum Gasteiger partial charge on any atom is 0.0694 e. The Morgan fingerprint density at radius 3 is 2.41 bits per heavy atom. The molecule has 0 aromatic rings. The maximum atomic E-state index is 8.76. The number of nitrogens with zero attached hydrogens (tertiary/aromatic N) is 1. The second-order valence-corrected chi connectivity index (χ2v) is 7.66. The molecule has 0 fully saturated rings. The first kappa shape index (κ1) is 17.2. The van der Waals surface area contributed by atoms with E-state index in [9.17, 15) is 0 Å². The lowest BCUT2D eigenvalue weighted by atomic mass is 10.1. The van der Waals surface area contributed by atoms with Crippen LogP contribution in [-0.2, 0) is 0 Å². The Balaban J connectivity index is 3.45. The van der Waals surface area contributed by atoms with Gasteiger partial charge in [-0.3, -0.25) is 0 Å². The molecule has 0 aliphatic heterocycles. The van der Waals surface area contributed by atoms with E-state index in [0.717, 1.165) is 11.5 Å². The highest BCUT2D eigenvalue weighted by atomic mass is 32.2. The Hall–Kier alpha value is 0.170. The quantitative estimate of drug-likeness (QED) is 0.273. The van der Waals surface area contributed by atoms with Crippen LogP contribution in [0.2, 0.25) is 0 Å². The van der Waals surface area contributed by atoms with Gasteiger partial charge in [0, 0.05) is 11.5 Å². The van der Waals surface area contributed by atoms with E-state index in [1.807, 2.05) is 30.4 Å². The molecule has 0 aliphatic rings. The van der Waals surface area contributed by atoms with Crippen molar-refractivity contribution in [3.05, 3.63) is 0 Å². The second kappa shape index (κ2) is 10.1. The summed E-state index contributed by atoms with van der Waals surface area (Å²) in [4.78, 5) is 0. The zero-order valence-electron chi connectivity index (χ0n) is 11.7. The third kappa shape index (κ3) is 8.83. The molecule has 0 saturated carbocycles. The normalized spacial score (nSPS) is 13.1. The van der Waals surface area contributed by atoms with Gasteiger partial charge in [-0.1, -0.05) is 31.3 Å². The molecular formula is C13H27NOS2. The Morgan fingerprint density at radius 2 is 1.82 bits per heavy atom. The Bertz CT molecular complexity index is 217. The van der Waals surface area contributed by atoms with Gasteiger partial charge in [-0.15, -0.1) is 11.8 Å². The summed E-state index contributed by atoms with van der Waals surface area (Å²) >= 11 is 3.91. The maximum absolute atomic E-state index is 8.76. The van der Waals surface area contributed by atoms with Gasteiger partial charge in [-0.05, 0) is 32.9 Å². The number of oxime groups is 1. The molecule has 0 heterocycles. The zero-order chi connectivity index (χ0) is 13.1. The Morgan fingerprint density at radius 1 is 1.12 bits per heavy atom. The van der Waals surface area contributed by atoms with Crippen LogP contribution in [0.15, 0.2) is 5.16 Å². The molecule has 0 atom stereocenters. The second-order valence-electron chi connectivity index (χ2n) is 4.72. The van der Waals surface area contributed by atoms with Crippen molar-refractivity contribution in [2.75, 3.05) is 17.3 Å². The molecule has 2 nitrogen and oxygen atoms in total. The van der Waals surface area contributed by atoms with Gasteiger partial charge in [-0.2, -0.15) is 11.8 Å². The number of rotatable bonds is 10. The summed E-state index contributed by atoms with van der Waals surface area (Å²) in [6.07, 6.45) is 5.41. The lowest BCUT2D eigenvalue weighted by molar-refractivity contribution is 0.316. The molecule has 0 aliphatic carbocycles. The minimum absolute atomic E-state index is 0.0441. The molecule has 0 radical (unpaired) electrons. The summed E-state index contributed by atoms with van der Waals surface area (Å²) in [5.74, 6) is 3.60. The summed E-state index contributed by atoms with van der Waals surface area (Å²) in [6.45, 7) is 8.35. The van der Waals surface area contributed by atoms with Crippen LogP contribution in [0.5, 0.6) is 0 Å². The van der Waals surface area contributed by atoms with Gasteiger partial charge in [0.2, 0.25) is 0 Å². The topological polar surface area (TPSA) is 32.6 Å². The smallest absolute Gasteiger partial charge is 0.0694 e. The molecule has 0 amide bonds. The minimum Gasteiger partial charge on any atom is -0.411 e. The van der Waals surface area contributed by atoms with Gasteiger partial charge in [-0.25, -0.2) is 0 Å². The first-order valence-corrected chi connectivity index (χ1v) is 8.59. The summed E-state index contributed by atoms with van der Waals surface area (Å²) < 4.78 is -0.0441. The third-order valence-corrected chi connectivity index (χ3v) is 5.61. The van der Waals surface area contributed by atoms with Crippen molar-refractivity contribution in [1.82, 2.24) is 0 Å². The highest BCUT2D eigenvalue weighted by Crippen LogP contribution is 2.26. The number of hydrogen-bond donors (Lipinski definition) is 1. The van der Waals surface area contributed by atoms with Crippen molar-refractivity contribution in [2.24, 2.45) is 5.16 Å². The van der Waals surface area contributed by atoms with Crippen LogP contribution in [0, 0.1) is 0 Å². The summed E-state index contributed by atoms with van der Waals surface area (Å²) in [6, 6.07) is 0. The van der Waals surface area contributed by atoms with Gasteiger partial charge in [0.15, 0.2) is 0 Å². The van der Waals surface area contributed by atoms with Crippen molar-refractivity contribution in [3.8, 4) is 0 Å². The van der Waals surface area contributed by atoms with E-state index in [1.165, 1.54) is 37.2 Å². The van der Waals surface area contributed by atoms with Crippen LogP contribution in [0.3, 0.4) is 0 Å². The van der Waals surface area contributed by atoms with E-state index < -0.39 is 0 Å². The fourth-order valence-electron chi connectivity index (χ4n) is 1.31. The van der Waals surface area contributed by atoms with Gasteiger partial charge < -0.3 is 5.21 Å². The minimum atomic E-state index is -0.0441. The summed E-state index contributed by atoms with van der Waals surface area (Å²) in [7, 11) is 0. The lowest BCUT2D eigenvalue weighted by Crippen LogP contribution is -2.26. The van der Waals surface area contributed by atoms with E-state index in [-0.39, 0.29) is 4.75 Å². The van der Waals surface area contributed by atoms with Crippen molar-refractivity contribution < 1.29 is 5.21 Å². The van der Waals surface area contributed by atoms with E-state index in [1.54, 1.807) is 0 Å². The van der Waals surface area contributed by atoms with E-state index in [0.29, 0.717) is 0 Å². The summed E-state index contributed by atoms with van der Waals surface area (Å²) in [5, 5.41) is 12.1. The number of hydrogen-bond acceptors (Lipinski definition) is 4. The summed E-state index contributed by atoms with van der Waals surface area (Å²) in [5.41, 5.74) is 0.801. The van der Waals surface area contributed by atoms with E-state index in [4.69, 9.17) is 5.21 Å². The van der Waals surface area contributed by atoms with Gasteiger partial charge in [0.05, 0.1) is 10.5 Å². The molecule has 0 rings (SSSR count). The SMILES string of the molecule is CCCCCCSCCSC(C)(C)C(C)=NO. The molecule has 0 saturated heterocycles. The van der Waals surface area contributed by atoms with Gasteiger partial charge in [0.25, 0.3) is 0 Å². The molecule has 0 aromatic heterocycles. The average molecular weight is 277 g/mol. The lowest BCUT2D eigenvalue weighted by Gasteiger charge is -2.22. The Kier molecular flexibility index (Phi) is 10.2. The molecule has 102 valence electrons. The van der Waals surface area contributed by atoms with Crippen LogP contribution in [-0.4, -0.2) is 32.9 Å². The fraction of sp³-hybridized carbons (Fsp3) is 0.923. The van der Waals surface area contributed by atoms with E-state index >= 15 is 0 Å². The van der Waals surface area contributed by atoms with Crippen LogP contribution in [0.1, 0.15) is 53.4 Å². The third-order valence-electron chi connectivity index (χ3n) is 2.85. The van der Waals surface area contributed by atoms with E-state index in [2.05, 4.69) is 25.9 Å². The highest BCUT2D eigenvalue weighted by Gasteiger charge is 2.22. The van der Waals surface area contributed by atoms with Crippen molar-refractivity contribution in [2.45, 2.75) is 58.1 Å². The molecule has 0 spiro atoms. The molecule has 0 unspecified atom stereocenters. The van der Waals surface area contributed by atoms with Gasteiger partial charge >= 0.3 is 0 Å². The molecule has 1 N–H and O–H groups in total. The number of thioether (sulfide) groups is 2. The number of unbranched alkanes of at least 4 members (excludes halogenated alkanes) is 3. The molecular weight excluding hydrogens is 250 g/mol. The molecule has 4 heteroatoms. The zero-order valence-corrected chi connectivity index (χ0v) is 13.3. The standard InChI is InChI=1S/C13H27NOS2/c1-5-6-7-8-9-16-10-11-17-13(3,4)12(2)14-15/h15H,5-11H2,1-4H3.